The number of ether oxygens (including phenoxy) is 4. The van der Waals surface area contributed by atoms with Gasteiger partial charge in [-0.25, -0.2) is 9.79 Å². The van der Waals surface area contributed by atoms with Gasteiger partial charge in [0, 0.05) is 0 Å². The molecule has 0 atom stereocenters. The van der Waals surface area contributed by atoms with Gasteiger partial charge in [0.1, 0.15) is 5.75 Å². The minimum Gasteiger partial charge on any atom is -0.496 e. The Balaban J connectivity index is 1.95. The Morgan fingerprint density at radius 3 is 2.54 bits per heavy atom. The van der Waals surface area contributed by atoms with Crippen LogP contribution in [0, 0.1) is 0 Å². The fourth-order valence-corrected chi connectivity index (χ4v) is 2.55. The zero-order valence-corrected chi connectivity index (χ0v) is 14.8. The zero-order valence-electron chi connectivity index (χ0n) is 14.8. The monoisotopic (exact) mass is 353 g/mol. The highest BCUT2D eigenvalue weighted by Crippen LogP contribution is 2.30. The van der Waals surface area contributed by atoms with Gasteiger partial charge >= 0.3 is 5.97 Å². The molecule has 1 heterocycles. The van der Waals surface area contributed by atoms with Crippen molar-refractivity contribution in [2.45, 2.75) is 6.92 Å². The van der Waals surface area contributed by atoms with E-state index in [9.17, 15) is 4.79 Å². The summed E-state index contributed by atoms with van der Waals surface area (Å²) in [6.07, 6.45) is 1.65. The normalized spacial score (nSPS) is 14.8. The predicted molar refractivity (Wildman–Crippen MR) is 97.8 cm³/mol. The van der Waals surface area contributed by atoms with E-state index in [1.807, 2.05) is 25.1 Å². The van der Waals surface area contributed by atoms with Gasteiger partial charge < -0.3 is 18.9 Å². The Morgan fingerprint density at radius 2 is 1.81 bits per heavy atom. The molecule has 1 aliphatic rings. The maximum Gasteiger partial charge on any atom is 0.363 e. The number of carbonyl (C=O) groups excluding carboxylic acids is 1. The summed E-state index contributed by atoms with van der Waals surface area (Å²) in [5.74, 6) is 1.52. The maximum atomic E-state index is 12.2. The van der Waals surface area contributed by atoms with Gasteiger partial charge in [-0.2, -0.15) is 0 Å². The summed E-state index contributed by atoms with van der Waals surface area (Å²) in [6.45, 7) is 2.40. The number of aliphatic imine (C=N–C) groups is 1. The van der Waals surface area contributed by atoms with E-state index in [1.54, 1.807) is 44.6 Å². The SMILES string of the molecule is CCOc1cc(/C=C2\N=C(c3ccccc3OC)OC2=O)ccc1OC. The lowest BCUT2D eigenvalue weighted by molar-refractivity contribution is -0.129. The van der Waals surface area contributed by atoms with E-state index in [1.165, 1.54) is 0 Å². The van der Waals surface area contributed by atoms with Crippen LogP contribution in [-0.4, -0.2) is 32.7 Å². The van der Waals surface area contributed by atoms with E-state index >= 15 is 0 Å². The molecule has 6 nitrogen and oxygen atoms in total. The summed E-state index contributed by atoms with van der Waals surface area (Å²) in [4.78, 5) is 16.5. The first-order chi connectivity index (χ1) is 12.7. The van der Waals surface area contributed by atoms with E-state index in [-0.39, 0.29) is 11.6 Å². The Bertz CT molecular complexity index is 886. The van der Waals surface area contributed by atoms with Crippen LogP contribution in [0.3, 0.4) is 0 Å². The third-order valence-electron chi connectivity index (χ3n) is 3.75. The largest absolute Gasteiger partial charge is 0.496 e. The first kappa shape index (κ1) is 17.5. The van der Waals surface area contributed by atoms with Crippen LogP contribution in [0.25, 0.3) is 6.08 Å². The Hall–Kier alpha value is -3.28. The molecule has 6 heteroatoms. The van der Waals surface area contributed by atoms with E-state index in [0.717, 1.165) is 5.56 Å². The third kappa shape index (κ3) is 3.54. The van der Waals surface area contributed by atoms with Crippen molar-refractivity contribution < 1.29 is 23.7 Å². The minimum atomic E-state index is -0.514. The fourth-order valence-electron chi connectivity index (χ4n) is 2.55. The molecular weight excluding hydrogens is 334 g/mol. The predicted octanol–water partition coefficient (Wildman–Crippen LogP) is 3.45. The Labute approximate surface area is 151 Å². The second kappa shape index (κ2) is 7.74. The molecule has 0 aromatic heterocycles. The van der Waals surface area contributed by atoms with Gasteiger partial charge in [0.05, 0.1) is 26.4 Å². The van der Waals surface area contributed by atoms with E-state index in [4.69, 9.17) is 18.9 Å². The number of methoxy groups -OCH3 is 2. The van der Waals surface area contributed by atoms with Gasteiger partial charge in [0.2, 0.25) is 5.90 Å². The highest BCUT2D eigenvalue weighted by atomic mass is 16.6. The average molecular weight is 353 g/mol. The molecule has 1 aliphatic heterocycles. The van der Waals surface area contributed by atoms with Gasteiger partial charge in [-0.1, -0.05) is 18.2 Å². The molecule has 2 aromatic carbocycles. The molecule has 0 aliphatic carbocycles. The topological polar surface area (TPSA) is 66.3 Å². The first-order valence-corrected chi connectivity index (χ1v) is 8.13. The van der Waals surface area contributed by atoms with Crippen molar-refractivity contribution in [3.8, 4) is 17.2 Å². The number of cyclic esters (lactones) is 1. The zero-order chi connectivity index (χ0) is 18.5. The summed E-state index contributed by atoms with van der Waals surface area (Å²) in [6, 6.07) is 12.6. The molecule has 0 bridgehead atoms. The number of nitrogens with zero attached hydrogens (tertiary/aromatic N) is 1. The summed E-state index contributed by atoms with van der Waals surface area (Å²) in [5, 5.41) is 0. The Kier molecular flexibility index (Phi) is 5.22. The smallest absolute Gasteiger partial charge is 0.363 e. The van der Waals surface area contributed by atoms with Crippen molar-refractivity contribution in [1.82, 2.24) is 0 Å². The fraction of sp³-hybridized carbons (Fsp3) is 0.200. The molecule has 26 heavy (non-hydrogen) atoms. The second-order valence-electron chi connectivity index (χ2n) is 5.38. The molecule has 0 saturated carbocycles. The van der Waals surface area contributed by atoms with Crippen molar-refractivity contribution in [3.63, 3.8) is 0 Å². The minimum absolute atomic E-state index is 0.207. The van der Waals surface area contributed by atoms with Gasteiger partial charge in [0.25, 0.3) is 0 Å². The van der Waals surface area contributed by atoms with Crippen molar-refractivity contribution in [2.75, 3.05) is 20.8 Å². The lowest BCUT2D eigenvalue weighted by Gasteiger charge is -2.09. The van der Waals surface area contributed by atoms with Gasteiger partial charge in [0.15, 0.2) is 17.2 Å². The highest BCUT2D eigenvalue weighted by Gasteiger charge is 2.26. The van der Waals surface area contributed by atoms with Gasteiger partial charge in [-0.15, -0.1) is 0 Å². The van der Waals surface area contributed by atoms with Crippen LogP contribution in [0.1, 0.15) is 18.1 Å². The molecule has 0 saturated heterocycles. The second-order valence-corrected chi connectivity index (χ2v) is 5.38. The van der Waals surface area contributed by atoms with Crippen LogP contribution >= 0.6 is 0 Å². The molecular formula is C20H19NO5. The molecule has 0 radical (unpaired) electrons. The number of benzene rings is 2. The van der Waals surface area contributed by atoms with Crippen LogP contribution in [0.15, 0.2) is 53.2 Å². The van der Waals surface area contributed by atoms with Crippen LogP contribution < -0.4 is 14.2 Å². The summed E-state index contributed by atoms with van der Waals surface area (Å²) in [5.41, 5.74) is 1.58. The molecule has 3 rings (SSSR count). The Morgan fingerprint density at radius 1 is 1.04 bits per heavy atom. The molecule has 134 valence electrons. The molecule has 0 amide bonds. The molecule has 0 unspecified atom stereocenters. The van der Waals surface area contributed by atoms with Crippen LogP contribution in [0.2, 0.25) is 0 Å². The summed E-state index contributed by atoms with van der Waals surface area (Å²) < 4.78 is 21.4. The van der Waals surface area contributed by atoms with E-state index in [0.29, 0.717) is 29.4 Å². The van der Waals surface area contributed by atoms with Crippen LogP contribution in [0.5, 0.6) is 17.2 Å². The first-order valence-electron chi connectivity index (χ1n) is 8.13. The quantitative estimate of drug-likeness (QED) is 0.588. The number of carbonyl (C=O) groups is 1. The van der Waals surface area contributed by atoms with Gasteiger partial charge in [-0.3, -0.25) is 0 Å². The highest BCUT2D eigenvalue weighted by molar-refractivity contribution is 6.13. The average Bonchev–Trinajstić information content (AvgIpc) is 3.02. The van der Waals surface area contributed by atoms with E-state index < -0.39 is 5.97 Å². The maximum absolute atomic E-state index is 12.2. The lowest BCUT2D eigenvalue weighted by Crippen LogP contribution is -2.06. The van der Waals surface area contributed by atoms with Crippen molar-refractivity contribution >= 4 is 17.9 Å². The molecule has 0 fully saturated rings. The van der Waals surface area contributed by atoms with Crippen molar-refractivity contribution in [1.29, 1.82) is 0 Å². The number of para-hydroxylation sites is 1. The number of hydrogen-bond acceptors (Lipinski definition) is 6. The van der Waals surface area contributed by atoms with Crippen LogP contribution in [-0.2, 0) is 9.53 Å². The molecule has 2 aromatic rings. The molecule has 0 N–H and O–H groups in total. The van der Waals surface area contributed by atoms with Crippen LogP contribution in [0.4, 0.5) is 0 Å². The van der Waals surface area contributed by atoms with Crippen molar-refractivity contribution in [2.24, 2.45) is 4.99 Å². The number of rotatable bonds is 6. The number of hydrogen-bond donors (Lipinski definition) is 0. The summed E-state index contributed by atoms with van der Waals surface area (Å²) >= 11 is 0. The van der Waals surface area contributed by atoms with E-state index in [2.05, 4.69) is 4.99 Å². The number of esters is 1. The summed E-state index contributed by atoms with van der Waals surface area (Å²) in [7, 11) is 3.13. The third-order valence-corrected chi connectivity index (χ3v) is 3.75. The standard InChI is InChI=1S/C20H19NO5/c1-4-25-18-12-13(9-10-17(18)24-3)11-15-20(22)26-19(21-15)14-7-5-6-8-16(14)23-2/h5-12H,4H2,1-3H3/b15-11-. The lowest BCUT2D eigenvalue weighted by atomic mass is 10.1. The van der Waals surface area contributed by atoms with Gasteiger partial charge in [-0.05, 0) is 42.8 Å². The van der Waals surface area contributed by atoms with Crippen molar-refractivity contribution in [3.05, 3.63) is 59.3 Å². The molecule has 0 spiro atoms.